The van der Waals surface area contributed by atoms with Crippen LogP contribution in [0.1, 0.15) is 42.9 Å². The summed E-state index contributed by atoms with van der Waals surface area (Å²) in [5.74, 6) is 0.665. The van der Waals surface area contributed by atoms with Crippen molar-refractivity contribution in [1.82, 2.24) is 0 Å². The highest BCUT2D eigenvalue weighted by Gasteiger charge is 2.30. The van der Waals surface area contributed by atoms with Gasteiger partial charge in [-0.1, -0.05) is 12.5 Å². The van der Waals surface area contributed by atoms with E-state index in [2.05, 4.69) is 0 Å². The molecule has 2 rings (SSSR count). The standard InChI is InChI=1S/C15H20O3/c1-10-7-8-11(18-2)9-13(10)15(17)12-5-3-4-6-14(12)16/h7-9,12,15,17H,3-6H2,1-2H3. The van der Waals surface area contributed by atoms with E-state index in [-0.39, 0.29) is 11.7 Å². The molecular formula is C15H20O3. The van der Waals surface area contributed by atoms with E-state index in [0.717, 1.165) is 36.1 Å². The van der Waals surface area contributed by atoms with Gasteiger partial charge < -0.3 is 9.84 Å². The first-order valence-electron chi connectivity index (χ1n) is 6.49. The highest BCUT2D eigenvalue weighted by atomic mass is 16.5. The molecule has 3 heteroatoms. The summed E-state index contributed by atoms with van der Waals surface area (Å²) < 4.78 is 5.18. The van der Waals surface area contributed by atoms with Crippen molar-refractivity contribution in [3.05, 3.63) is 29.3 Å². The average Bonchev–Trinajstić information content (AvgIpc) is 2.39. The molecule has 1 aromatic rings. The number of aliphatic hydroxyl groups is 1. The Morgan fingerprint density at radius 1 is 1.39 bits per heavy atom. The maximum absolute atomic E-state index is 11.9. The highest BCUT2D eigenvalue weighted by molar-refractivity contribution is 5.82. The summed E-state index contributed by atoms with van der Waals surface area (Å²) in [7, 11) is 1.60. The number of Topliss-reactive ketones (excluding diaryl/α,β-unsaturated/α-hetero) is 1. The average molecular weight is 248 g/mol. The minimum absolute atomic E-state index is 0.191. The Morgan fingerprint density at radius 3 is 2.83 bits per heavy atom. The second-order valence-electron chi connectivity index (χ2n) is 4.99. The van der Waals surface area contributed by atoms with Crippen LogP contribution in [-0.2, 0) is 4.79 Å². The lowest BCUT2D eigenvalue weighted by atomic mass is 9.81. The van der Waals surface area contributed by atoms with Crippen LogP contribution in [0.3, 0.4) is 0 Å². The van der Waals surface area contributed by atoms with E-state index in [4.69, 9.17) is 4.74 Å². The van der Waals surface area contributed by atoms with Crippen molar-refractivity contribution in [1.29, 1.82) is 0 Å². The van der Waals surface area contributed by atoms with Crippen LogP contribution >= 0.6 is 0 Å². The zero-order valence-corrected chi connectivity index (χ0v) is 11.0. The molecule has 0 spiro atoms. The predicted molar refractivity (Wildman–Crippen MR) is 69.7 cm³/mol. The monoisotopic (exact) mass is 248 g/mol. The maximum atomic E-state index is 11.9. The predicted octanol–water partition coefficient (Wildman–Crippen LogP) is 2.80. The SMILES string of the molecule is COc1ccc(C)c(C(O)C2CCCCC2=O)c1. The molecule has 0 radical (unpaired) electrons. The summed E-state index contributed by atoms with van der Waals surface area (Å²) in [6.07, 6.45) is 2.67. The van der Waals surface area contributed by atoms with Gasteiger partial charge in [0.25, 0.3) is 0 Å². The topological polar surface area (TPSA) is 46.5 Å². The zero-order valence-electron chi connectivity index (χ0n) is 11.0. The zero-order chi connectivity index (χ0) is 13.1. The molecule has 0 bridgehead atoms. The molecule has 0 heterocycles. The largest absolute Gasteiger partial charge is 0.497 e. The van der Waals surface area contributed by atoms with Crippen molar-refractivity contribution >= 4 is 5.78 Å². The van der Waals surface area contributed by atoms with Gasteiger partial charge in [0.05, 0.1) is 13.2 Å². The Bertz CT molecular complexity index is 439. The number of ether oxygens (including phenoxy) is 1. The molecule has 2 unspecified atom stereocenters. The van der Waals surface area contributed by atoms with Crippen LogP contribution in [0.2, 0.25) is 0 Å². The molecule has 1 aliphatic rings. The molecular weight excluding hydrogens is 228 g/mol. The lowest BCUT2D eigenvalue weighted by Crippen LogP contribution is -2.26. The van der Waals surface area contributed by atoms with Gasteiger partial charge in [0.2, 0.25) is 0 Å². The van der Waals surface area contributed by atoms with Gasteiger partial charge in [-0.25, -0.2) is 0 Å². The van der Waals surface area contributed by atoms with Crippen molar-refractivity contribution in [3.63, 3.8) is 0 Å². The number of aryl methyl sites for hydroxylation is 1. The molecule has 0 saturated heterocycles. The number of benzene rings is 1. The van der Waals surface area contributed by atoms with E-state index in [0.29, 0.717) is 6.42 Å². The van der Waals surface area contributed by atoms with Crippen LogP contribution in [0, 0.1) is 12.8 Å². The number of methoxy groups -OCH3 is 1. The molecule has 2 atom stereocenters. The number of carbonyl (C=O) groups excluding carboxylic acids is 1. The normalized spacial score (nSPS) is 21.7. The third-order valence-corrected chi connectivity index (χ3v) is 3.79. The molecule has 0 amide bonds. The first kappa shape index (κ1) is 13.1. The fourth-order valence-corrected chi connectivity index (χ4v) is 2.62. The summed E-state index contributed by atoms with van der Waals surface area (Å²) in [5, 5.41) is 10.4. The Morgan fingerprint density at radius 2 is 2.17 bits per heavy atom. The lowest BCUT2D eigenvalue weighted by molar-refractivity contribution is -0.128. The molecule has 98 valence electrons. The Labute approximate surface area is 108 Å². The molecule has 0 aliphatic heterocycles. The van der Waals surface area contributed by atoms with E-state index in [9.17, 15) is 9.90 Å². The van der Waals surface area contributed by atoms with Gasteiger partial charge in [-0.05, 0) is 43.0 Å². The van der Waals surface area contributed by atoms with Crippen molar-refractivity contribution in [3.8, 4) is 5.75 Å². The summed E-state index contributed by atoms with van der Waals surface area (Å²) in [4.78, 5) is 11.9. The first-order chi connectivity index (χ1) is 8.63. The van der Waals surface area contributed by atoms with E-state index in [1.54, 1.807) is 7.11 Å². The van der Waals surface area contributed by atoms with Gasteiger partial charge in [0.15, 0.2) is 0 Å². The number of carbonyl (C=O) groups is 1. The number of ketones is 1. The van der Waals surface area contributed by atoms with Crippen molar-refractivity contribution in [2.45, 2.75) is 38.7 Å². The van der Waals surface area contributed by atoms with Gasteiger partial charge >= 0.3 is 0 Å². The molecule has 1 aromatic carbocycles. The summed E-state index contributed by atoms with van der Waals surface area (Å²) in [6, 6.07) is 5.63. The summed E-state index contributed by atoms with van der Waals surface area (Å²) in [5.41, 5.74) is 1.82. The van der Waals surface area contributed by atoms with Gasteiger partial charge in [-0.3, -0.25) is 4.79 Å². The molecule has 3 nitrogen and oxygen atoms in total. The Kier molecular flexibility index (Phi) is 4.02. The number of rotatable bonds is 3. The van der Waals surface area contributed by atoms with Crippen molar-refractivity contribution in [2.24, 2.45) is 5.92 Å². The van der Waals surface area contributed by atoms with E-state index in [1.807, 2.05) is 25.1 Å². The third-order valence-electron chi connectivity index (χ3n) is 3.79. The van der Waals surface area contributed by atoms with Crippen LogP contribution < -0.4 is 4.74 Å². The fourth-order valence-electron chi connectivity index (χ4n) is 2.62. The number of aliphatic hydroxyl groups excluding tert-OH is 1. The van der Waals surface area contributed by atoms with Crippen molar-refractivity contribution < 1.29 is 14.6 Å². The van der Waals surface area contributed by atoms with Gasteiger partial charge in [-0.15, -0.1) is 0 Å². The Balaban J connectivity index is 2.26. The van der Waals surface area contributed by atoms with Gasteiger partial charge in [-0.2, -0.15) is 0 Å². The van der Waals surface area contributed by atoms with Crippen LogP contribution in [0.25, 0.3) is 0 Å². The van der Waals surface area contributed by atoms with Crippen LogP contribution in [0.15, 0.2) is 18.2 Å². The molecule has 1 saturated carbocycles. The smallest absolute Gasteiger partial charge is 0.138 e. The third kappa shape index (κ3) is 2.56. The fraction of sp³-hybridized carbons (Fsp3) is 0.533. The van der Waals surface area contributed by atoms with E-state index >= 15 is 0 Å². The lowest BCUT2D eigenvalue weighted by Gasteiger charge is -2.26. The minimum Gasteiger partial charge on any atom is -0.497 e. The van der Waals surface area contributed by atoms with Gasteiger partial charge in [0.1, 0.15) is 11.5 Å². The summed E-state index contributed by atoms with van der Waals surface area (Å²) >= 11 is 0. The number of hydrogen-bond acceptors (Lipinski definition) is 3. The maximum Gasteiger partial charge on any atom is 0.138 e. The van der Waals surface area contributed by atoms with Crippen molar-refractivity contribution in [2.75, 3.05) is 7.11 Å². The Hall–Kier alpha value is -1.35. The molecule has 1 N–H and O–H groups in total. The van der Waals surface area contributed by atoms with Crippen LogP contribution in [0.4, 0.5) is 0 Å². The second kappa shape index (κ2) is 5.53. The van der Waals surface area contributed by atoms with E-state index < -0.39 is 6.10 Å². The quantitative estimate of drug-likeness (QED) is 0.894. The van der Waals surface area contributed by atoms with E-state index in [1.165, 1.54) is 0 Å². The van der Waals surface area contributed by atoms with Crippen LogP contribution in [0.5, 0.6) is 5.75 Å². The first-order valence-corrected chi connectivity index (χ1v) is 6.49. The molecule has 0 aromatic heterocycles. The minimum atomic E-state index is -0.701. The van der Waals surface area contributed by atoms with Gasteiger partial charge in [0, 0.05) is 12.3 Å². The second-order valence-corrected chi connectivity index (χ2v) is 4.99. The molecule has 18 heavy (non-hydrogen) atoms. The molecule has 1 aliphatic carbocycles. The summed E-state index contributed by atoms with van der Waals surface area (Å²) in [6.45, 7) is 1.95. The molecule has 1 fully saturated rings. The number of hydrogen-bond donors (Lipinski definition) is 1. The van der Waals surface area contributed by atoms with Crippen LogP contribution in [-0.4, -0.2) is 18.0 Å². The highest BCUT2D eigenvalue weighted by Crippen LogP contribution is 2.34.